The van der Waals surface area contributed by atoms with Crippen molar-refractivity contribution >= 4 is 27.3 Å². The number of hydrogen-bond acceptors (Lipinski definition) is 2. The number of nitrogens with zero attached hydrogens (tertiary/aromatic N) is 1. The Morgan fingerprint density at radius 3 is 2.42 bits per heavy atom. The lowest BCUT2D eigenvalue weighted by molar-refractivity contribution is 0.617. The molecular weight excluding hydrogens is 300 g/mol. The maximum absolute atomic E-state index is 3.55. The van der Waals surface area contributed by atoms with E-state index in [0.717, 1.165) is 11.0 Å². The van der Waals surface area contributed by atoms with E-state index in [-0.39, 0.29) is 0 Å². The van der Waals surface area contributed by atoms with Gasteiger partial charge in [-0.15, -0.1) is 0 Å². The van der Waals surface area contributed by atoms with Crippen LogP contribution in [0.1, 0.15) is 45.4 Å². The standard InChI is InChI=1S/C16H27BrN2/c1-4-5-6-7-8-9-12-18-15-13-14(17)10-11-16(15)19(2)3/h10-11,13,18H,4-9,12H2,1-3H3. The van der Waals surface area contributed by atoms with Crippen molar-refractivity contribution in [3.05, 3.63) is 22.7 Å². The zero-order valence-electron chi connectivity index (χ0n) is 12.5. The molecule has 108 valence electrons. The number of anilines is 2. The van der Waals surface area contributed by atoms with Gasteiger partial charge in [-0.1, -0.05) is 55.0 Å². The lowest BCUT2D eigenvalue weighted by Crippen LogP contribution is -2.12. The van der Waals surface area contributed by atoms with Crippen LogP contribution in [0.2, 0.25) is 0 Å². The average molecular weight is 327 g/mol. The summed E-state index contributed by atoms with van der Waals surface area (Å²) in [5.74, 6) is 0. The maximum atomic E-state index is 3.55. The van der Waals surface area contributed by atoms with Crippen LogP contribution in [0.15, 0.2) is 22.7 Å². The molecule has 0 saturated heterocycles. The summed E-state index contributed by atoms with van der Waals surface area (Å²) >= 11 is 3.54. The number of rotatable bonds is 9. The monoisotopic (exact) mass is 326 g/mol. The third kappa shape index (κ3) is 6.33. The molecule has 1 aromatic carbocycles. The number of nitrogens with one attached hydrogen (secondary N) is 1. The van der Waals surface area contributed by atoms with Crippen molar-refractivity contribution < 1.29 is 0 Å². The van der Waals surface area contributed by atoms with Crippen LogP contribution in [0.5, 0.6) is 0 Å². The molecule has 2 nitrogen and oxygen atoms in total. The highest BCUT2D eigenvalue weighted by atomic mass is 79.9. The summed E-state index contributed by atoms with van der Waals surface area (Å²) in [4.78, 5) is 2.15. The van der Waals surface area contributed by atoms with E-state index >= 15 is 0 Å². The molecule has 0 fully saturated rings. The minimum absolute atomic E-state index is 1.06. The van der Waals surface area contributed by atoms with Gasteiger partial charge in [-0.2, -0.15) is 0 Å². The largest absolute Gasteiger partial charge is 0.383 e. The molecule has 0 aliphatic rings. The van der Waals surface area contributed by atoms with E-state index in [0.29, 0.717) is 0 Å². The van der Waals surface area contributed by atoms with Gasteiger partial charge in [0.1, 0.15) is 0 Å². The van der Waals surface area contributed by atoms with E-state index in [2.05, 4.69) is 65.4 Å². The molecule has 1 rings (SSSR count). The van der Waals surface area contributed by atoms with E-state index in [9.17, 15) is 0 Å². The fourth-order valence-electron chi connectivity index (χ4n) is 2.17. The summed E-state index contributed by atoms with van der Waals surface area (Å²) in [7, 11) is 4.17. The van der Waals surface area contributed by atoms with Crippen molar-refractivity contribution in [2.45, 2.75) is 45.4 Å². The Kier molecular flexibility index (Phi) is 7.96. The van der Waals surface area contributed by atoms with Crippen LogP contribution in [0, 0.1) is 0 Å². The number of unbranched alkanes of at least 4 members (excludes halogenated alkanes) is 5. The van der Waals surface area contributed by atoms with Crippen LogP contribution in [0.4, 0.5) is 11.4 Å². The second-order valence-corrected chi connectivity index (χ2v) is 6.17. The van der Waals surface area contributed by atoms with Gasteiger partial charge in [0.15, 0.2) is 0 Å². The van der Waals surface area contributed by atoms with Crippen molar-refractivity contribution in [3.63, 3.8) is 0 Å². The Balaban J connectivity index is 2.34. The van der Waals surface area contributed by atoms with E-state index in [4.69, 9.17) is 0 Å². The third-order valence-electron chi connectivity index (χ3n) is 3.29. The minimum atomic E-state index is 1.06. The van der Waals surface area contributed by atoms with Crippen molar-refractivity contribution in [3.8, 4) is 0 Å². The first kappa shape index (κ1) is 16.4. The van der Waals surface area contributed by atoms with E-state index in [1.54, 1.807) is 0 Å². The fourth-order valence-corrected chi connectivity index (χ4v) is 2.53. The quantitative estimate of drug-likeness (QED) is 0.620. The zero-order chi connectivity index (χ0) is 14.1. The van der Waals surface area contributed by atoms with Crippen LogP contribution in [-0.4, -0.2) is 20.6 Å². The van der Waals surface area contributed by atoms with Gasteiger partial charge in [0.05, 0.1) is 11.4 Å². The fraction of sp³-hybridized carbons (Fsp3) is 0.625. The molecule has 0 saturated carbocycles. The summed E-state index contributed by atoms with van der Waals surface area (Å²) in [5.41, 5.74) is 2.46. The topological polar surface area (TPSA) is 15.3 Å². The molecule has 0 atom stereocenters. The first-order valence-corrected chi connectivity index (χ1v) is 8.15. The van der Waals surface area contributed by atoms with Crippen LogP contribution in [0.3, 0.4) is 0 Å². The average Bonchev–Trinajstić information content (AvgIpc) is 2.37. The molecule has 1 aromatic rings. The zero-order valence-corrected chi connectivity index (χ0v) is 14.1. The van der Waals surface area contributed by atoms with Gasteiger partial charge in [0, 0.05) is 25.1 Å². The molecule has 0 aromatic heterocycles. The summed E-state index contributed by atoms with van der Waals surface area (Å²) in [6, 6.07) is 6.39. The van der Waals surface area contributed by atoms with Crippen LogP contribution >= 0.6 is 15.9 Å². The van der Waals surface area contributed by atoms with Crippen LogP contribution in [-0.2, 0) is 0 Å². The molecule has 0 aliphatic carbocycles. The highest BCUT2D eigenvalue weighted by molar-refractivity contribution is 9.10. The van der Waals surface area contributed by atoms with Crippen molar-refractivity contribution in [2.24, 2.45) is 0 Å². The molecule has 0 radical (unpaired) electrons. The summed E-state index contributed by atoms with van der Waals surface area (Å²) < 4.78 is 1.13. The highest BCUT2D eigenvalue weighted by Gasteiger charge is 2.04. The second kappa shape index (κ2) is 9.24. The molecular formula is C16H27BrN2. The lowest BCUT2D eigenvalue weighted by atomic mass is 10.1. The van der Waals surface area contributed by atoms with E-state index in [1.807, 2.05) is 0 Å². The van der Waals surface area contributed by atoms with Gasteiger partial charge in [-0.25, -0.2) is 0 Å². The predicted molar refractivity (Wildman–Crippen MR) is 90.3 cm³/mol. The van der Waals surface area contributed by atoms with Gasteiger partial charge >= 0.3 is 0 Å². The van der Waals surface area contributed by atoms with E-state index < -0.39 is 0 Å². The molecule has 3 heteroatoms. The van der Waals surface area contributed by atoms with Gasteiger partial charge in [0.2, 0.25) is 0 Å². The van der Waals surface area contributed by atoms with Gasteiger partial charge in [0.25, 0.3) is 0 Å². The Labute approximate surface area is 126 Å². The lowest BCUT2D eigenvalue weighted by Gasteiger charge is -2.19. The molecule has 0 unspecified atom stereocenters. The SMILES string of the molecule is CCCCCCCCNc1cc(Br)ccc1N(C)C. The molecule has 1 N–H and O–H groups in total. The first-order chi connectivity index (χ1) is 9.15. The maximum Gasteiger partial charge on any atom is 0.0597 e. The van der Waals surface area contributed by atoms with Gasteiger partial charge < -0.3 is 10.2 Å². The normalized spacial score (nSPS) is 10.5. The Morgan fingerprint density at radius 1 is 1.05 bits per heavy atom. The second-order valence-electron chi connectivity index (χ2n) is 5.25. The molecule has 0 spiro atoms. The minimum Gasteiger partial charge on any atom is -0.383 e. The number of hydrogen-bond donors (Lipinski definition) is 1. The van der Waals surface area contributed by atoms with Crippen LogP contribution < -0.4 is 10.2 Å². The summed E-state index contributed by atoms with van der Waals surface area (Å²) in [6.45, 7) is 3.32. The van der Waals surface area contributed by atoms with Crippen molar-refractivity contribution in [1.29, 1.82) is 0 Å². The van der Waals surface area contributed by atoms with Crippen molar-refractivity contribution in [1.82, 2.24) is 0 Å². The Bertz CT molecular complexity index is 364. The predicted octanol–water partition coefficient (Wildman–Crippen LogP) is 5.29. The molecule has 0 amide bonds. The highest BCUT2D eigenvalue weighted by Crippen LogP contribution is 2.28. The van der Waals surface area contributed by atoms with Gasteiger partial charge in [-0.3, -0.25) is 0 Å². The smallest absolute Gasteiger partial charge is 0.0597 e. The van der Waals surface area contributed by atoms with Gasteiger partial charge in [-0.05, 0) is 24.6 Å². The van der Waals surface area contributed by atoms with Crippen LogP contribution in [0.25, 0.3) is 0 Å². The summed E-state index contributed by atoms with van der Waals surface area (Å²) in [6.07, 6.45) is 8.04. The molecule has 19 heavy (non-hydrogen) atoms. The Morgan fingerprint density at radius 2 is 1.74 bits per heavy atom. The Hall–Kier alpha value is -0.700. The molecule has 0 bridgehead atoms. The van der Waals surface area contributed by atoms with Crippen molar-refractivity contribution in [2.75, 3.05) is 30.9 Å². The molecule has 0 heterocycles. The molecule has 0 aliphatic heterocycles. The third-order valence-corrected chi connectivity index (χ3v) is 3.78. The number of halogens is 1. The summed E-state index contributed by atoms with van der Waals surface area (Å²) in [5, 5.41) is 3.55. The first-order valence-electron chi connectivity index (χ1n) is 7.36. The van der Waals surface area contributed by atoms with E-state index in [1.165, 1.54) is 49.9 Å². The number of benzene rings is 1.